The van der Waals surface area contributed by atoms with Crippen LogP contribution < -0.4 is 5.32 Å². The van der Waals surface area contributed by atoms with Gasteiger partial charge < -0.3 is 5.32 Å². The molecule has 2 aromatic carbocycles. The standard InChI is InChI=1S/C16H13N3/c1-2-4-14-13(3-1)18-10-16(19-14)12-6-5-11-7-8-17-15(11)9-12/h1-6,9-10,17H,7-8H2. The Morgan fingerprint density at radius 1 is 1.00 bits per heavy atom. The first-order chi connectivity index (χ1) is 9.40. The summed E-state index contributed by atoms with van der Waals surface area (Å²) in [6.07, 6.45) is 2.96. The minimum absolute atomic E-state index is 0.926. The number of rotatable bonds is 1. The van der Waals surface area contributed by atoms with E-state index in [1.54, 1.807) is 0 Å². The van der Waals surface area contributed by atoms with Gasteiger partial charge in [-0.3, -0.25) is 4.98 Å². The molecule has 0 amide bonds. The second kappa shape index (κ2) is 4.05. The van der Waals surface area contributed by atoms with Crippen LogP contribution in [0.2, 0.25) is 0 Å². The Balaban J connectivity index is 1.85. The maximum absolute atomic E-state index is 4.68. The summed E-state index contributed by atoms with van der Waals surface area (Å²) in [6.45, 7) is 1.03. The van der Waals surface area contributed by atoms with E-state index in [-0.39, 0.29) is 0 Å². The zero-order valence-corrected chi connectivity index (χ0v) is 10.4. The SMILES string of the molecule is c1ccc2nc(-c3ccc4c(c3)NCC4)cnc2c1. The highest BCUT2D eigenvalue weighted by Crippen LogP contribution is 2.28. The summed E-state index contributed by atoms with van der Waals surface area (Å²) < 4.78 is 0. The molecule has 1 aromatic heterocycles. The van der Waals surface area contributed by atoms with Crippen LogP contribution >= 0.6 is 0 Å². The molecule has 1 aliphatic rings. The molecule has 0 fully saturated rings. The molecular weight excluding hydrogens is 234 g/mol. The minimum Gasteiger partial charge on any atom is -0.384 e. The summed E-state index contributed by atoms with van der Waals surface area (Å²) in [5.74, 6) is 0. The quantitative estimate of drug-likeness (QED) is 0.717. The van der Waals surface area contributed by atoms with Gasteiger partial charge in [0, 0.05) is 17.8 Å². The smallest absolute Gasteiger partial charge is 0.0894 e. The molecule has 19 heavy (non-hydrogen) atoms. The fourth-order valence-electron chi connectivity index (χ4n) is 2.55. The third kappa shape index (κ3) is 1.74. The van der Waals surface area contributed by atoms with Crippen molar-refractivity contribution >= 4 is 16.7 Å². The number of para-hydroxylation sites is 2. The van der Waals surface area contributed by atoms with Crippen molar-refractivity contribution < 1.29 is 0 Å². The number of nitrogens with zero attached hydrogens (tertiary/aromatic N) is 2. The lowest BCUT2D eigenvalue weighted by Gasteiger charge is -2.05. The van der Waals surface area contributed by atoms with Crippen LogP contribution in [0.5, 0.6) is 0 Å². The Labute approximate surface area is 111 Å². The lowest BCUT2D eigenvalue weighted by atomic mass is 10.1. The van der Waals surface area contributed by atoms with Crippen LogP contribution in [0.1, 0.15) is 5.56 Å². The summed E-state index contributed by atoms with van der Waals surface area (Å²) in [6, 6.07) is 14.4. The maximum Gasteiger partial charge on any atom is 0.0894 e. The fraction of sp³-hybridized carbons (Fsp3) is 0.125. The van der Waals surface area contributed by atoms with Crippen LogP contribution in [-0.4, -0.2) is 16.5 Å². The Hall–Kier alpha value is -2.42. The molecule has 0 spiro atoms. The molecule has 92 valence electrons. The monoisotopic (exact) mass is 247 g/mol. The van der Waals surface area contributed by atoms with Gasteiger partial charge in [-0.25, -0.2) is 4.98 Å². The molecule has 0 atom stereocenters. The number of hydrogen-bond acceptors (Lipinski definition) is 3. The third-order valence-corrected chi connectivity index (χ3v) is 3.56. The minimum atomic E-state index is 0.926. The molecule has 4 rings (SSSR count). The largest absolute Gasteiger partial charge is 0.384 e. The first-order valence-electron chi connectivity index (χ1n) is 6.49. The first-order valence-corrected chi connectivity index (χ1v) is 6.49. The average molecular weight is 247 g/mol. The molecule has 0 saturated heterocycles. The molecule has 0 bridgehead atoms. The molecule has 0 radical (unpaired) electrons. The van der Waals surface area contributed by atoms with E-state index in [1.807, 2.05) is 30.5 Å². The van der Waals surface area contributed by atoms with Crippen molar-refractivity contribution in [2.24, 2.45) is 0 Å². The molecular formula is C16H13N3. The zero-order chi connectivity index (χ0) is 12.7. The van der Waals surface area contributed by atoms with E-state index in [4.69, 9.17) is 0 Å². The van der Waals surface area contributed by atoms with Gasteiger partial charge in [-0.2, -0.15) is 0 Å². The number of benzene rings is 2. The zero-order valence-electron chi connectivity index (χ0n) is 10.4. The van der Waals surface area contributed by atoms with Crippen LogP contribution in [0, 0.1) is 0 Å². The van der Waals surface area contributed by atoms with Crippen LogP contribution in [0.15, 0.2) is 48.7 Å². The molecule has 3 aromatic rings. The summed E-state index contributed by atoms with van der Waals surface area (Å²) in [5.41, 5.74) is 6.53. The van der Waals surface area contributed by atoms with Crippen molar-refractivity contribution in [2.45, 2.75) is 6.42 Å². The summed E-state index contributed by atoms with van der Waals surface area (Å²) >= 11 is 0. The number of anilines is 1. The molecule has 0 unspecified atom stereocenters. The van der Waals surface area contributed by atoms with Crippen LogP contribution in [0.4, 0.5) is 5.69 Å². The van der Waals surface area contributed by atoms with Crippen molar-refractivity contribution in [3.63, 3.8) is 0 Å². The predicted molar refractivity (Wildman–Crippen MR) is 77.2 cm³/mol. The summed E-state index contributed by atoms with van der Waals surface area (Å²) in [4.78, 5) is 9.15. The number of aromatic nitrogens is 2. The molecule has 2 heterocycles. The van der Waals surface area contributed by atoms with Gasteiger partial charge in [0.1, 0.15) is 0 Å². The van der Waals surface area contributed by atoms with E-state index in [9.17, 15) is 0 Å². The number of nitrogens with one attached hydrogen (secondary N) is 1. The molecule has 3 heteroatoms. The molecule has 1 N–H and O–H groups in total. The first kappa shape index (κ1) is 10.5. The maximum atomic E-state index is 4.68. The van der Waals surface area contributed by atoms with Gasteiger partial charge in [0.05, 0.1) is 22.9 Å². The highest BCUT2D eigenvalue weighted by atomic mass is 14.9. The lowest BCUT2D eigenvalue weighted by molar-refractivity contribution is 1.11. The van der Waals surface area contributed by atoms with E-state index in [0.717, 1.165) is 35.3 Å². The Bertz CT molecular complexity index is 765. The van der Waals surface area contributed by atoms with Gasteiger partial charge in [-0.15, -0.1) is 0 Å². The molecule has 0 saturated carbocycles. The van der Waals surface area contributed by atoms with E-state index in [0.29, 0.717) is 0 Å². The fourth-order valence-corrected chi connectivity index (χ4v) is 2.55. The molecule has 0 aliphatic carbocycles. The van der Waals surface area contributed by atoms with Crippen LogP contribution in [-0.2, 0) is 6.42 Å². The van der Waals surface area contributed by atoms with Crippen molar-refractivity contribution in [2.75, 3.05) is 11.9 Å². The second-order valence-electron chi connectivity index (χ2n) is 4.79. The highest BCUT2D eigenvalue weighted by molar-refractivity contribution is 5.78. The predicted octanol–water partition coefficient (Wildman–Crippen LogP) is 3.26. The van der Waals surface area contributed by atoms with Crippen molar-refractivity contribution in [3.8, 4) is 11.3 Å². The van der Waals surface area contributed by atoms with E-state index in [1.165, 1.54) is 11.3 Å². The van der Waals surface area contributed by atoms with E-state index < -0.39 is 0 Å². The molecule has 3 nitrogen and oxygen atoms in total. The van der Waals surface area contributed by atoms with Crippen LogP contribution in [0.3, 0.4) is 0 Å². The van der Waals surface area contributed by atoms with Gasteiger partial charge >= 0.3 is 0 Å². The number of fused-ring (bicyclic) bond motifs is 2. The van der Waals surface area contributed by atoms with Crippen molar-refractivity contribution in [1.82, 2.24) is 9.97 Å². The van der Waals surface area contributed by atoms with Gasteiger partial charge in [-0.1, -0.05) is 24.3 Å². The van der Waals surface area contributed by atoms with Gasteiger partial charge in [-0.05, 0) is 30.2 Å². The average Bonchev–Trinajstić information content (AvgIpc) is 2.94. The normalized spacial score (nSPS) is 13.3. The Kier molecular flexibility index (Phi) is 2.24. The number of hydrogen-bond donors (Lipinski definition) is 1. The topological polar surface area (TPSA) is 37.8 Å². The summed E-state index contributed by atoms with van der Waals surface area (Å²) in [7, 11) is 0. The van der Waals surface area contributed by atoms with Gasteiger partial charge in [0.25, 0.3) is 0 Å². The van der Waals surface area contributed by atoms with E-state index in [2.05, 4.69) is 33.5 Å². The lowest BCUT2D eigenvalue weighted by Crippen LogP contribution is -1.92. The highest BCUT2D eigenvalue weighted by Gasteiger charge is 2.11. The Morgan fingerprint density at radius 3 is 2.84 bits per heavy atom. The van der Waals surface area contributed by atoms with Gasteiger partial charge in [0.15, 0.2) is 0 Å². The summed E-state index contributed by atoms with van der Waals surface area (Å²) in [5, 5.41) is 3.40. The van der Waals surface area contributed by atoms with Crippen LogP contribution in [0.25, 0.3) is 22.3 Å². The third-order valence-electron chi connectivity index (χ3n) is 3.56. The Morgan fingerprint density at radius 2 is 1.89 bits per heavy atom. The van der Waals surface area contributed by atoms with Crippen molar-refractivity contribution in [1.29, 1.82) is 0 Å². The second-order valence-corrected chi connectivity index (χ2v) is 4.79. The van der Waals surface area contributed by atoms with Crippen molar-refractivity contribution in [3.05, 3.63) is 54.2 Å². The van der Waals surface area contributed by atoms with Gasteiger partial charge in [0.2, 0.25) is 0 Å². The molecule has 1 aliphatic heterocycles. The van der Waals surface area contributed by atoms with E-state index >= 15 is 0 Å².